The lowest BCUT2D eigenvalue weighted by atomic mass is 10.2. The van der Waals surface area contributed by atoms with Crippen LogP contribution in [0, 0.1) is 6.92 Å². The molecule has 0 spiro atoms. The molecule has 3 aromatic carbocycles. The summed E-state index contributed by atoms with van der Waals surface area (Å²) in [6.07, 6.45) is 0. The van der Waals surface area contributed by atoms with Crippen LogP contribution in [0.4, 0.5) is 0 Å². The zero-order valence-electron chi connectivity index (χ0n) is 18.3. The van der Waals surface area contributed by atoms with Crippen LogP contribution in [0.25, 0.3) is 11.0 Å². The second-order valence-electron chi connectivity index (χ2n) is 7.64. The first-order chi connectivity index (χ1) is 16.6. The normalized spacial score (nSPS) is 11.9. The largest absolute Gasteiger partial charge is 0.484 e. The maximum absolute atomic E-state index is 12.9. The van der Waals surface area contributed by atoms with E-state index in [4.69, 9.17) is 23.4 Å². The number of nitrogens with one attached hydrogen (secondary N) is 1. The molecule has 2 heterocycles. The predicted octanol–water partition coefficient (Wildman–Crippen LogP) is 4.32. The Labute approximate surface area is 194 Å². The van der Waals surface area contributed by atoms with Gasteiger partial charge < -0.3 is 28.7 Å². The standard InChI is InChI=1S/C26H21NO7/c1-16-26(34-18-5-3-2-4-6-18)25(29)20-9-8-19(12-22(20)33-16)30-14-24(28)27-13-17-7-10-21-23(11-17)32-15-31-21/h2-12H,13-15H2,1H3,(H,27,28). The van der Waals surface area contributed by atoms with Crippen LogP contribution in [0.5, 0.6) is 28.7 Å². The molecule has 8 nitrogen and oxygen atoms in total. The highest BCUT2D eigenvalue weighted by atomic mass is 16.7. The van der Waals surface area contributed by atoms with Gasteiger partial charge in [-0.1, -0.05) is 24.3 Å². The first-order valence-electron chi connectivity index (χ1n) is 10.7. The summed E-state index contributed by atoms with van der Waals surface area (Å²) in [7, 11) is 0. The number of hydrogen-bond donors (Lipinski definition) is 1. The zero-order valence-corrected chi connectivity index (χ0v) is 18.3. The third kappa shape index (κ3) is 4.52. The highest BCUT2D eigenvalue weighted by Gasteiger charge is 2.16. The highest BCUT2D eigenvalue weighted by molar-refractivity contribution is 5.80. The Hall–Kier alpha value is -4.46. The molecular formula is C26H21NO7. The monoisotopic (exact) mass is 459 g/mol. The molecule has 1 N–H and O–H groups in total. The lowest BCUT2D eigenvalue weighted by molar-refractivity contribution is -0.123. The fourth-order valence-electron chi connectivity index (χ4n) is 3.53. The van der Waals surface area contributed by atoms with Crippen LogP contribution in [0.15, 0.2) is 75.9 Å². The number of carbonyl (C=O) groups excluding carboxylic acids is 1. The van der Waals surface area contributed by atoms with E-state index in [1.165, 1.54) is 0 Å². The molecule has 1 amide bonds. The molecule has 0 unspecified atom stereocenters. The minimum absolute atomic E-state index is 0.135. The van der Waals surface area contributed by atoms with Gasteiger partial charge in [-0.2, -0.15) is 0 Å². The van der Waals surface area contributed by atoms with Gasteiger partial charge in [-0.25, -0.2) is 0 Å². The van der Waals surface area contributed by atoms with Gasteiger partial charge in [0, 0.05) is 12.6 Å². The second-order valence-corrected chi connectivity index (χ2v) is 7.64. The first-order valence-corrected chi connectivity index (χ1v) is 10.7. The minimum Gasteiger partial charge on any atom is -0.484 e. The van der Waals surface area contributed by atoms with Crippen LogP contribution < -0.4 is 29.7 Å². The molecule has 34 heavy (non-hydrogen) atoms. The maximum atomic E-state index is 12.9. The summed E-state index contributed by atoms with van der Waals surface area (Å²) < 4.78 is 27.8. The molecule has 0 fully saturated rings. The molecular weight excluding hydrogens is 438 g/mol. The summed E-state index contributed by atoms with van der Waals surface area (Å²) in [6.45, 7) is 2.01. The number of fused-ring (bicyclic) bond motifs is 2. The molecule has 1 aliphatic rings. The van der Waals surface area contributed by atoms with Crippen LogP contribution in [-0.2, 0) is 11.3 Å². The van der Waals surface area contributed by atoms with Gasteiger partial charge in [0.05, 0.1) is 5.39 Å². The van der Waals surface area contributed by atoms with Gasteiger partial charge in [0.1, 0.15) is 22.8 Å². The topological polar surface area (TPSA) is 96.2 Å². The maximum Gasteiger partial charge on any atom is 0.258 e. The molecule has 4 aromatic rings. The molecule has 0 saturated carbocycles. The van der Waals surface area contributed by atoms with Crippen molar-refractivity contribution in [3.8, 4) is 28.7 Å². The molecule has 5 rings (SSSR count). The van der Waals surface area contributed by atoms with Gasteiger partial charge >= 0.3 is 0 Å². The summed E-state index contributed by atoms with van der Waals surface area (Å²) in [5, 5.41) is 3.15. The summed E-state index contributed by atoms with van der Waals surface area (Å²) in [6, 6.07) is 19.3. The highest BCUT2D eigenvalue weighted by Crippen LogP contribution is 2.32. The SMILES string of the molecule is Cc1oc2cc(OCC(=O)NCc3ccc4c(c3)OCO4)ccc2c(=O)c1Oc1ccccc1. The van der Waals surface area contributed by atoms with Crippen molar-refractivity contribution in [3.05, 3.63) is 88.3 Å². The van der Waals surface area contributed by atoms with E-state index in [-0.39, 0.29) is 30.5 Å². The van der Waals surface area contributed by atoms with Crippen LogP contribution in [0.2, 0.25) is 0 Å². The predicted molar refractivity (Wildman–Crippen MR) is 124 cm³/mol. The van der Waals surface area contributed by atoms with Crippen LogP contribution >= 0.6 is 0 Å². The van der Waals surface area contributed by atoms with Crippen molar-refractivity contribution in [2.24, 2.45) is 0 Å². The Morgan fingerprint density at radius 3 is 2.65 bits per heavy atom. The van der Waals surface area contributed by atoms with Crippen molar-refractivity contribution < 1.29 is 28.2 Å². The number of amides is 1. The zero-order chi connectivity index (χ0) is 23.5. The lowest BCUT2D eigenvalue weighted by Crippen LogP contribution is -2.28. The average Bonchev–Trinajstić information content (AvgIpc) is 3.32. The van der Waals surface area contributed by atoms with E-state index in [0.29, 0.717) is 46.3 Å². The van der Waals surface area contributed by atoms with E-state index in [9.17, 15) is 9.59 Å². The quantitative estimate of drug-likeness (QED) is 0.440. The minimum atomic E-state index is -0.290. The molecule has 1 aromatic heterocycles. The molecule has 0 atom stereocenters. The fourth-order valence-corrected chi connectivity index (χ4v) is 3.53. The van der Waals surface area contributed by atoms with E-state index < -0.39 is 0 Å². The van der Waals surface area contributed by atoms with Crippen LogP contribution in [0.1, 0.15) is 11.3 Å². The molecule has 8 heteroatoms. The number of rotatable bonds is 7. The van der Waals surface area contributed by atoms with Crippen LogP contribution in [-0.4, -0.2) is 19.3 Å². The van der Waals surface area contributed by atoms with Gasteiger partial charge in [-0.05, 0) is 48.9 Å². The van der Waals surface area contributed by atoms with E-state index in [1.54, 1.807) is 37.3 Å². The van der Waals surface area contributed by atoms with E-state index >= 15 is 0 Å². The van der Waals surface area contributed by atoms with Crippen molar-refractivity contribution >= 4 is 16.9 Å². The lowest BCUT2D eigenvalue weighted by Gasteiger charge is -2.10. The van der Waals surface area contributed by atoms with Gasteiger partial charge in [0.15, 0.2) is 18.1 Å². The first kappa shape index (κ1) is 21.4. The second kappa shape index (κ2) is 9.19. The fraction of sp³-hybridized carbons (Fsp3) is 0.154. The number of para-hydroxylation sites is 1. The summed E-state index contributed by atoms with van der Waals surface area (Å²) in [5.41, 5.74) is 0.950. The van der Waals surface area contributed by atoms with Crippen molar-refractivity contribution in [2.75, 3.05) is 13.4 Å². The van der Waals surface area contributed by atoms with Gasteiger partial charge in [-0.3, -0.25) is 9.59 Å². The smallest absolute Gasteiger partial charge is 0.258 e. The molecule has 1 aliphatic heterocycles. The number of benzene rings is 3. The molecule has 0 saturated heterocycles. The molecule has 0 aliphatic carbocycles. The molecule has 0 radical (unpaired) electrons. The summed E-state index contributed by atoms with van der Waals surface area (Å²) in [4.78, 5) is 25.1. The summed E-state index contributed by atoms with van der Waals surface area (Å²) in [5.74, 6) is 2.50. The van der Waals surface area contributed by atoms with E-state index in [1.807, 2.05) is 36.4 Å². The van der Waals surface area contributed by atoms with Gasteiger partial charge in [0.2, 0.25) is 18.0 Å². The third-order valence-corrected chi connectivity index (χ3v) is 5.25. The van der Waals surface area contributed by atoms with Crippen molar-refractivity contribution in [1.29, 1.82) is 0 Å². The Morgan fingerprint density at radius 1 is 0.971 bits per heavy atom. The molecule has 172 valence electrons. The van der Waals surface area contributed by atoms with Crippen LogP contribution in [0.3, 0.4) is 0 Å². The van der Waals surface area contributed by atoms with E-state index in [0.717, 1.165) is 5.56 Å². The Bertz CT molecular complexity index is 1410. The third-order valence-electron chi connectivity index (χ3n) is 5.25. The van der Waals surface area contributed by atoms with E-state index in [2.05, 4.69) is 5.32 Å². The number of carbonyl (C=O) groups is 1. The Balaban J connectivity index is 1.23. The molecule has 0 bridgehead atoms. The van der Waals surface area contributed by atoms with Crippen molar-refractivity contribution in [1.82, 2.24) is 5.32 Å². The van der Waals surface area contributed by atoms with Crippen molar-refractivity contribution in [3.63, 3.8) is 0 Å². The van der Waals surface area contributed by atoms with Crippen molar-refractivity contribution in [2.45, 2.75) is 13.5 Å². The Kier molecular flexibility index (Phi) is 5.78. The van der Waals surface area contributed by atoms with Gasteiger partial charge in [0.25, 0.3) is 5.91 Å². The summed E-state index contributed by atoms with van der Waals surface area (Å²) >= 11 is 0. The average molecular weight is 459 g/mol. The number of hydrogen-bond acceptors (Lipinski definition) is 7. The van der Waals surface area contributed by atoms with Gasteiger partial charge in [-0.15, -0.1) is 0 Å². The number of ether oxygens (including phenoxy) is 4. The number of aryl methyl sites for hydroxylation is 1. The Morgan fingerprint density at radius 2 is 1.79 bits per heavy atom.